The number of sulfonamides is 1. The monoisotopic (exact) mass is 400 g/mol. The Kier molecular flexibility index (Phi) is 5.32. The smallest absolute Gasteiger partial charge is 0.254 e. The van der Waals surface area contributed by atoms with Gasteiger partial charge < -0.3 is 9.80 Å². The van der Waals surface area contributed by atoms with Crippen molar-refractivity contribution in [1.82, 2.24) is 14.2 Å². The second kappa shape index (κ2) is 7.89. The summed E-state index contributed by atoms with van der Waals surface area (Å²) in [4.78, 5) is 21.4. The molecule has 0 atom stereocenters. The highest BCUT2D eigenvalue weighted by molar-refractivity contribution is 7.89. The third-order valence-corrected chi connectivity index (χ3v) is 7.22. The van der Waals surface area contributed by atoms with Crippen molar-refractivity contribution in [1.29, 1.82) is 0 Å². The zero-order valence-electron chi connectivity index (χ0n) is 15.7. The second-order valence-corrected chi connectivity index (χ2v) is 9.04. The van der Waals surface area contributed by atoms with Crippen LogP contribution in [0.15, 0.2) is 53.6 Å². The van der Waals surface area contributed by atoms with Gasteiger partial charge in [-0.1, -0.05) is 12.1 Å². The largest absolute Gasteiger partial charge is 0.353 e. The van der Waals surface area contributed by atoms with Crippen LogP contribution in [-0.2, 0) is 10.0 Å². The van der Waals surface area contributed by atoms with Crippen molar-refractivity contribution in [2.45, 2.75) is 17.7 Å². The van der Waals surface area contributed by atoms with E-state index in [-0.39, 0.29) is 10.8 Å². The van der Waals surface area contributed by atoms with Gasteiger partial charge in [0.1, 0.15) is 5.82 Å². The van der Waals surface area contributed by atoms with Gasteiger partial charge in [0, 0.05) is 51.0 Å². The van der Waals surface area contributed by atoms with Gasteiger partial charge in [-0.15, -0.1) is 0 Å². The van der Waals surface area contributed by atoms with Crippen LogP contribution in [-0.4, -0.2) is 67.8 Å². The van der Waals surface area contributed by atoms with Crippen LogP contribution in [0.1, 0.15) is 23.2 Å². The van der Waals surface area contributed by atoms with Crippen LogP contribution in [0.5, 0.6) is 0 Å². The SMILES string of the molecule is O=C(c1cccc(S(=O)(=O)N2CCCC2)c1)N1CCN(c2ccccn2)CC1. The number of anilines is 1. The van der Waals surface area contributed by atoms with Crippen LogP contribution in [0.2, 0.25) is 0 Å². The molecule has 0 radical (unpaired) electrons. The lowest BCUT2D eigenvalue weighted by Gasteiger charge is -2.35. The number of carbonyl (C=O) groups excluding carboxylic acids is 1. The number of amides is 1. The number of hydrogen-bond acceptors (Lipinski definition) is 5. The predicted octanol–water partition coefficient (Wildman–Crippen LogP) is 1.83. The standard InChI is InChI=1S/C20H24N4O3S/c25-20(23-14-12-22(13-15-23)19-8-1-2-9-21-19)17-6-5-7-18(16-17)28(26,27)24-10-3-4-11-24/h1-2,5-9,16H,3-4,10-15H2. The Morgan fingerprint density at radius 2 is 1.64 bits per heavy atom. The lowest BCUT2D eigenvalue weighted by molar-refractivity contribution is 0.0746. The fourth-order valence-corrected chi connectivity index (χ4v) is 5.29. The van der Waals surface area contributed by atoms with Crippen molar-refractivity contribution < 1.29 is 13.2 Å². The van der Waals surface area contributed by atoms with Crippen molar-refractivity contribution in [2.24, 2.45) is 0 Å². The average molecular weight is 401 g/mol. The fraction of sp³-hybridized carbons (Fsp3) is 0.400. The molecule has 0 saturated carbocycles. The number of benzene rings is 1. The van der Waals surface area contributed by atoms with Crippen LogP contribution < -0.4 is 4.90 Å². The maximum atomic E-state index is 12.9. The van der Waals surface area contributed by atoms with E-state index < -0.39 is 10.0 Å². The molecule has 148 valence electrons. The maximum Gasteiger partial charge on any atom is 0.254 e. The normalized spacial score (nSPS) is 18.4. The van der Waals surface area contributed by atoms with Gasteiger partial charge in [0.25, 0.3) is 5.91 Å². The van der Waals surface area contributed by atoms with Crippen molar-refractivity contribution in [3.8, 4) is 0 Å². The lowest BCUT2D eigenvalue weighted by Crippen LogP contribution is -2.49. The molecule has 2 saturated heterocycles. The molecule has 0 spiro atoms. The second-order valence-electron chi connectivity index (χ2n) is 7.11. The van der Waals surface area contributed by atoms with E-state index in [1.165, 1.54) is 10.4 Å². The summed E-state index contributed by atoms with van der Waals surface area (Å²) >= 11 is 0. The molecule has 2 aliphatic heterocycles. The van der Waals surface area contributed by atoms with Crippen LogP contribution in [0, 0.1) is 0 Å². The average Bonchev–Trinajstić information content (AvgIpc) is 3.30. The Hall–Kier alpha value is -2.45. The highest BCUT2D eigenvalue weighted by atomic mass is 32.2. The van der Waals surface area contributed by atoms with Crippen molar-refractivity contribution in [3.63, 3.8) is 0 Å². The number of carbonyl (C=O) groups is 1. The quantitative estimate of drug-likeness (QED) is 0.783. The number of piperazine rings is 1. The molecule has 1 aromatic heterocycles. The van der Waals surface area contributed by atoms with Gasteiger partial charge in [-0.25, -0.2) is 13.4 Å². The molecule has 0 unspecified atom stereocenters. The molecule has 2 fully saturated rings. The molecule has 0 aliphatic carbocycles. The van der Waals surface area contributed by atoms with Gasteiger partial charge in [0.15, 0.2) is 0 Å². The summed E-state index contributed by atoms with van der Waals surface area (Å²) < 4.78 is 27.0. The molecule has 8 heteroatoms. The van der Waals surface area contributed by atoms with Gasteiger partial charge in [-0.3, -0.25) is 4.79 Å². The van der Waals surface area contributed by atoms with E-state index >= 15 is 0 Å². The molecule has 4 rings (SSSR count). The molecule has 1 aromatic carbocycles. The number of aromatic nitrogens is 1. The molecule has 3 heterocycles. The summed E-state index contributed by atoms with van der Waals surface area (Å²) in [5.41, 5.74) is 0.423. The van der Waals surface area contributed by atoms with Crippen molar-refractivity contribution in [3.05, 3.63) is 54.2 Å². The van der Waals surface area contributed by atoms with E-state index in [0.717, 1.165) is 18.7 Å². The molecular weight excluding hydrogens is 376 g/mol. The Morgan fingerprint density at radius 1 is 0.893 bits per heavy atom. The van der Waals surface area contributed by atoms with E-state index in [9.17, 15) is 13.2 Å². The van der Waals surface area contributed by atoms with Crippen molar-refractivity contribution in [2.75, 3.05) is 44.2 Å². The van der Waals surface area contributed by atoms with Crippen LogP contribution in [0.25, 0.3) is 0 Å². The van der Waals surface area contributed by atoms with E-state index in [0.29, 0.717) is 44.8 Å². The molecule has 2 aliphatic rings. The topological polar surface area (TPSA) is 73.8 Å². The van der Waals surface area contributed by atoms with Crippen LogP contribution >= 0.6 is 0 Å². The number of rotatable bonds is 4. The molecule has 0 bridgehead atoms. The zero-order chi connectivity index (χ0) is 19.6. The minimum absolute atomic E-state index is 0.126. The first kappa shape index (κ1) is 18.9. The molecular formula is C20H24N4O3S. The highest BCUT2D eigenvalue weighted by Gasteiger charge is 2.29. The third kappa shape index (κ3) is 3.74. The minimum atomic E-state index is -3.52. The highest BCUT2D eigenvalue weighted by Crippen LogP contribution is 2.22. The molecule has 28 heavy (non-hydrogen) atoms. The van der Waals surface area contributed by atoms with E-state index in [2.05, 4.69) is 9.88 Å². The predicted molar refractivity (Wildman–Crippen MR) is 107 cm³/mol. The van der Waals surface area contributed by atoms with Gasteiger partial charge in [-0.2, -0.15) is 4.31 Å². The van der Waals surface area contributed by atoms with E-state index in [4.69, 9.17) is 0 Å². The minimum Gasteiger partial charge on any atom is -0.353 e. The first-order valence-corrected chi connectivity index (χ1v) is 11.1. The summed E-state index contributed by atoms with van der Waals surface area (Å²) in [6.07, 6.45) is 3.54. The Labute approximate surface area is 165 Å². The number of hydrogen-bond donors (Lipinski definition) is 0. The Bertz CT molecular complexity index is 935. The summed E-state index contributed by atoms with van der Waals surface area (Å²) in [6, 6.07) is 12.2. The van der Waals surface area contributed by atoms with E-state index in [1.807, 2.05) is 18.2 Å². The summed E-state index contributed by atoms with van der Waals surface area (Å²) in [5.74, 6) is 0.785. The van der Waals surface area contributed by atoms with Gasteiger partial charge in [0.2, 0.25) is 10.0 Å². The van der Waals surface area contributed by atoms with Crippen LogP contribution in [0.3, 0.4) is 0 Å². The third-order valence-electron chi connectivity index (χ3n) is 5.32. The molecule has 7 nitrogen and oxygen atoms in total. The Balaban J connectivity index is 1.46. The van der Waals surface area contributed by atoms with Crippen molar-refractivity contribution >= 4 is 21.7 Å². The zero-order valence-corrected chi connectivity index (χ0v) is 16.5. The maximum absolute atomic E-state index is 12.9. The summed E-state index contributed by atoms with van der Waals surface area (Å²) in [6.45, 7) is 3.67. The lowest BCUT2D eigenvalue weighted by atomic mass is 10.2. The Morgan fingerprint density at radius 3 is 2.32 bits per heavy atom. The first-order chi connectivity index (χ1) is 13.6. The molecule has 2 aromatic rings. The van der Waals surface area contributed by atoms with E-state index in [1.54, 1.807) is 29.3 Å². The van der Waals surface area contributed by atoms with Gasteiger partial charge >= 0.3 is 0 Å². The summed E-state index contributed by atoms with van der Waals surface area (Å²) in [5, 5.41) is 0. The molecule has 1 amide bonds. The fourth-order valence-electron chi connectivity index (χ4n) is 3.73. The molecule has 0 N–H and O–H groups in total. The van der Waals surface area contributed by atoms with Crippen LogP contribution in [0.4, 0.5) is 5.82 Å². The first-order valence-electron chi connectivity index (χ1n) is 9.61. The van der Waals surface area contributed by atoms with Gasteiger partial charge in [-0.05, 0) is 43.2 Å². The van der Waals surface area contributed by atoms with Gasteiger partial charge in [0.05, 0.1) is 4.90 Å². The number of nitrogens with zero attached hydrogens (tertiary/aromatic N) is 4. The summed E-state index contributed by atoms with van der Waals surface area (Å²) in [7, 11) is -3.52. The number of pyridine rings is 1.